The van der Waals surface area contributed by atoms with Crippen molar-refractivity contribution in [2.24, 2.45) is 0 Å². The Morgan fingerprint density at radius 3 is 2.72 bits per heavy atom. The van der Waals surface area contributed by atoms with E-state index in [0.29, 0.717) is 12.3 Å². The monoisotopic (exact) mass is 432 g/mol. The number of benzene rings is 1. The third kappa shape index (κ3) is 5.38. The van der Waals surface area contributed by atoms with Gasteiger partial charge in [0, 0.05) is 50.6 Å². The predicted octanol–water partition coefficient (Wildman–Crippen LogP) is 2.39. The highest BCUT2D eigenvalue weighted by atomic mass is 16.2. The average molecular weight is 433 g/mol. The first kappa shape index (κ1) is 21.7. The van der Waals surface area contributed by atoms with Crippen LogP contribution >= 0.6 is 0 Å². The van der Waals surface area contributed by atoms with Crippen LogP contribution in [-0.4, -0.2) is 39.5 Å². The number of aryl methyl sites for hydroxylation is 1. The van der Waals surface area contributed by atoms with Gasteiger partial charge in [0.05, 0.1) is 6.04 Å². The van der Waals surface area contributed by atoms with Crippen molar-refractivity contribution in [2.45, 2.75) is 44.7 Å². The summed E-state index contributed by atoms with van der Waals surface area (Å²) in [6.07, 6.45) is 5.75. The number of nitrogens with one attached hydrogen (secondary N) is 1. The fourth-order valence-corrected chi connectivity index (χ4v) is 3.61. The van der Waals surface area contributed by atoms with Crippen LogP contribution in [0.15, 0.2) is 53.6 Å². The molecule has 1 aliphatic carbocycles. The van der Waals surface area contributed by atoms with E-state index in [2.05, 4.69) is 16.4 Å². The molecule has 0 aliphatic heterocycles. The van der Waals surface area contributed by atoms with E-state index < -0.39 is 5.69 Å². The minimum Gasteiger partial charge on any atom is -0.363 e. The van der Waals surface area contributed by atoms with Gasteiger partial charge >= 0.3 is 5.69 Å². The number of aromatic nitrogens is 4. The van der Waals surface area contributed by atoms with Crippen molar-refractivity contribution in [2.75, 3.05) is 19.0 Å². The zero-order valence-corrected chi connectivity index (χ0v) is 18.7. The van der Waals surface area contributed by atoms with Crippen LogP contribution in [0.25, 0.3) is 0 Å². The Kier molecular flexibility index (Phi) is 6.30. The minimum absolute atomic E-state index is 0.0883. The average Bonchev–Trinajstić information content (AvgIpc) is 3.60. The minimum atomic E-state index is -0.449. The Balaban J connectivity index is 1.61. The maximum Gasteiger partial charge on any atom is 0.347 e. The summed E-state index contributed by atoms with van der Waals surface area (Å²) in [6.45, 7) is 1.94. The lowest BCUT2D eigenvalue weighted by Crippen LogP contribution is -2.36. The normalized spacial score (nSPS) is 14.1. The fourth-order valence-electron chi connectivity index (χ4n) is 3.61. The first-order valence-corrected chi connectivity index (χ1v) is 10.8. The zero-order valence-electron chi connectivity index (χ0n) is 18.7. The molecule has 166 valence electrons. The first-order valence-electron chi connectivity index (χ1n) is 10.8. The standard InChI is InChI=1S/C24H28N6O2/c1-16-6-4-7-18(12-16)20(27-22(31)15-30-11-5-10-25-24(30)32)13-19-14-21(29(2)3)28-23(26-19)17-8-9-17/h4-7,10-12,14,17,20H,8-9,13,15H2,1-3H3,(H,27,31). The molecule has 1 saturated carbocycles. The van der Waals surface area contributed by atoms with Crippen molar-refractivity contribution in [3.8, 4) is 0 Å². The van der Waals surface area contributed by atoms with Gasteiger partial charge in [-0.25, -0.2) is 19.7 Å². The summed E-state index contributed by atoms with van der Waals surface area (Å²) in [5.41, 5.74) is 2.54. The molecule has 8 nitrogen and oxygen atoms in total. The molecule has 3 aromatic rings. The summed E-state index contributed by atoms with van der Waals surface area (Å²) < 4.78 is 1.29. The van der Waals surface area contributed by atoms with Crippen LogP contribution in [0, 0.1) is 6.92 Å². The van der Waals surface area contributed by atoms with E-state index in [1.165, 1.54) is 10.8 Å². The maximum atomic E-state index is 12.8. The van der Waals surface area contributed by atoms with Crippen LogP contribution < -0.4 is 15.9 Å². The molecule has 0 radical (unpaired) electrons. The lowest BCUT2D eigenvalue weighted by Gasteiger charge is -2.21. The number of anilines is 1. The molecule has 1 atom stereocenters. The number of rotatable bonds is 8. The third-order valence-electron chi connectivity index (χ3n) is 5.47. The molecule has 2 aromatic heterocycles. The number of carbonyl (C=O) groups excluding carboxylic acids is 1. The van der Waals surface area contributed by atoms with Crippen LogP contribution in [0.1, 0.15) is 47.4 Å². The maximum absolute atomic E-state index is 12.8. The molecular formula is C24H28N6O2. The molecule has 4 rings (SSSR count). The van der Waals surface area contributed by atoms with Gasteiger partial charge in [0.25, 0.3) is 0 Å². The second-order valence-corrected chi connectivity index (χ2v) is 8.51. The summed E-state index contributed by atoms with van der Waals surface area (Å²) in [5.74, 6) is 1.92. The highest BCUT2D eigenvalue weighted by Gasteiger charge is 2.28. The smallest absolute Gasteiger partial charge is 0.347 e. The summed E-state index contributed by atoms with van der Waals surface area (Å²) in [6, 6.07) is 11.4. The molecule has 0 spiro atoms. The van der Waals surface area contributed by atoms with E-state index in [1.807, 2.05) is 50.2 Å². The summed E-state index contributed by atoms with van der Waals surface area (Å²) in [7, 11) is 3.93. The second-order valence-electron chi connectivity index (χ2n) is 8.51. The van der Waals surface area contributed by atoms with Crippen molar-refractivity contribution in [1.82, 2.24) is 24.8 Å². The molecule has 32 heavy (non-hydrogen) atoms. The van der Waals surface area contributed by atoms with Crippen LogP contribution in [0.4, 0.5) is 5.82 Å². The molecular weight excluding hydrogens is 404 g/mol. The molecule has 1 aromatic carbocycles. The van der Waals surface area contributed by atoms with Crippen molar-refractivity contribution in [3.05, 3.63) is 81.9 Å². The van der Waals surface area contributed by atoms with Crippen LogP contribution in [0.2, 0.25) is 0 Å². The van der Waals surface area contributed by atoms with Gasteiger partial charge in [0.1, 0.15) is 18.2 Å². The molecule has 1 N–H and O–H groups in total. The molecule has 0 bridgehead atoms. The highest BCUT2D eigenvalue weighted by molar-refractivity contribution is 5.76. The van der Waals surface area contributed by atoms with Gasteiger partial charge in [-0.2, -0.15) is 0 Å². The molecule has 1 aliphatic rings. The van der Waals surface area contributed by atoms with Gasteiger partial charge in [0.15, 0.2) is 0 Å². The van der Waals surface area contributed by atoms with Crippen LogP contribution in [-0.2, 0) is 17.8 Å². The highest BCUT2D eigenvalue weighted by Crippen LogP contribution is 2.38. The van der Waals surface area contributed by atoms with Crippen molar-refractivity contribution < 1.29 is 4.79 Å². The second kappa shape index (κ2) is 9.30. The molecule has 1 unspecified atom stereocenters. The Labute approximate surface area is 187 Å². The van der Waals surface area contributed by atoms with Gasteiger partial charge in [-0.3, -0.25) is 9.36 Å². The zero-order chi connectivity index (χ0) is 22.7. The molecule has 1 fully saturated rings. The SMILES string of the molecule is Cc1cccc(C(Cc2cc(N(C)C)nc(C3CC3)n2)NC(=O)Cn2cccnc2=O)c1. The van der Waals surface area contributed by atoms with Crippen LogP contribution in [0.3, 0.4) is 0 Å². The van der Waals surface area contributed by atoms with Crippen molar-refractivity contribution in [1.29, 1.82) is 0 Å². The molecule has 0 saturated heterocycles. The summed E-state index contributed by atoms with van der Waals surface area (Å²) >= 11 is 0. The number of nitrogens with zero attached hydrogens (tertiary/aromatic N) is 5. The van der Waals surface area contributed by atoms with E-state index in [-0.39, 0.29) is 18.5 Å². The Hall–Kier alpha value is -3.55. The Morgan fingerprint density at radius 2 is 2.03 bits per heavy atom. The first-order chi connectivity index (χ1) is 15.4. The summed E-state index contributed by atoms with van der Waals surface area (Å²) in [5, 5.41) is 3.10. The number of amides is 1. The summed E-state index contributed by atoms with van der Waals surface area (Å²) in [4.78, 5) is 40.0. The van der Waals surface area contributed by atoms with Crippen LogP contribution in [0.5, 0.6) is 0 Å². The number of hydrogen-bond acceptors (Lipinski definition) is 6. The topological polar surface area (TPSA) is 93.0 Å². The Bertz CT molecular complexity index is 1150. The van der Waals surface area contributed by atoms with E-state index in [0.717, 1.165) is 41.3 Å². The predicted molar refractivity (Wildman–Crippen MR) is 123 cm³/mol. The third-order valence-corrected chi connectivity index (χ3v) is 5.47. The lowest BCUT2D eigenvalue weighted by molar-refractivity contribution is -0.122. The van der Waals surface area contributed by atoms with Gasteiger partial charge in [0.2, 0.25) is 5.91 Å². The van der Waals surface area contributed by atoms with Gasteiger partial charge in [-0.15, -0.1) is 0 Å². The Morgan fingerprint density at radius 1 is 1.22 bits per heavy atom. The number of hydrogen-bond donors (Lipinski definition) is 1. The van der Waals surface area contributed by atoms with Gasteiger partial charge in [-0.1, -0.05) is 29.8 Å². The quantitative estimate of drug-likeness (QED) is 0.588. The van der Waals surface area contributed by atoms with E-state index in [4.69, 9.17) is 9.97 Å². The molecule has 8 heteroatoms. The van der Waals surface area contributed by atoms with Gasteiger partial charge < -0.3 is 10.2 Å². The van der Waals surface area contributed by atoms with Crippen molar-refractivity contribution in [3.63, 3.8) is 0 Å². The lowest BCUT2D eigenvalue weighted by atomic mass is 9.99. The van der Waals surface area contributed by atoms with E-state index in [9.17, 15) is 9.59 Å². The number of carbonyl (C=O) groups is 1. The van der Waals surface area contributed by atoms with Gasteiger partial charge in [-0.05, 0) is 31.4 Å². The van der Waals surface area contributed by atoms with E-state index in [1.54, 1.807) is 12.3 Å². The fraction of sp³-hybridized carbons (Fsp3) is 0.375. The largest absolute Gasteiger partial charge is 0.363 e. The van der Waals surface area contributed by atoms with E-state index >= 15 is 0 Å². The molecule has 1 amide bonds. The molecule has 2 heterocycles. The van der Waals surface area contributed by atoms with Crippen molar-refractivity contribution >= 4 is 11.7 Å².